The normalized spacial score (nSPS) is 15.0. The third-order valence-electron chi connectivity index (χ3n) is 8.06. The number of rotatable bonds is 4. The van der Waals surface area contributed by atoms with Crippen LogP contribution in [-0.2, 0) is 42.1 Å². The number of aromatic amines is 1. The van der Waals surface area contributed by atoms with Crippen molar-refractivity contribution in [3.05, 3.63) is 93.0 Å². The standard InChI is InChI=1S/C31H34N6O5S.2C2HF3O2/c1-17(2)43(41,42)27-8-6-22-11-21(27)13-33-31(40)29(37-23-5-7-26-24(12-23)30(39)35-16-34-26)20-9-18(3)25(19(4)10-20)14-32-15-28(38)36-22;2*3-2(4,5)1(6)7/h5-12,16-17,29,32,37H,13-15H2,1-4H3,(H,33,40)(H,36,38)(H,34,35,39);2*(H,6,7). The number of aryl methyl sites for hydroxylation is 2. The number of anilines is 2. The molecule has 0 aliphatic carbocycles. The molecule has 6 rings (SSSR count). The molecule has 57 heavy (non-hydrogen) atoms. The number of carbonyl (C=O) groups excluding carboxylic acids is 2. The number of nitrogens with zero attached hydrogens (tertiary/aromatic N) is 1. The zero-order valence-electron chi connectivity index (χ0n) is 30.3. The van der Waals surface area contributed by atoms with Crippen molar-refractivity contribution in [2.24, 2.45) is 0 Å². The molecule has 0 saturated carbocycles. The van der Waals surface area contributed by atoms with Gasteiger partial charge in [0.1, 0.15) is 6.04 Å². The minimum absolute atomic E-state index is 0.0544. The molecule has 0 radical (unpaired) electrons. The quantitative estimate of drug-likeness (QED) is 0.141. The number of aromatic nitrogens is 2. The van der Waals surface area contributed by atoms with Crippen LogP contribution in [0.4, 0.5) is 37.7 Å². The summed E-state index contributed by atoms with van der Waals surface area (Å²) in [6, 6.07) is 12.6. The number of hydrogen-bond acceptors (Lipinski definition) is 10. The highest BCUT2D eigenvalue weighted by atomic mass is 32.2. The molecule has 2 amide bonds. The molecule has 3 heterocycles. The summed E-state index contributed by atoms with van der Waals surface area (Å²) in [5.41, 5.74) is 5.09. The third kappa shape index (κ3) is 12.2. The predicted octanol–water partition coefficient (Wildman–Crippen LogP) is 4.50. The lowest BCUT2D eigenvalue weighted by molar-refractivity contribution is -0.193. The van der Waals surface area contributed by atoms with Crippen molar-refractivity contribution in [1.29, 1.82) is 0 Å². The lowest BCUT2D eigenvalue weighted by atomic mass is 9.95. The molecule has 4 aromatic rings. The van der Waals surface area contributed by atoms with Crippen molar-refractivity contribution in [2.75, 3.05) is 17.2 Å². The molecule has 22 heteroatoms. The Kier molecular flexibility index (Phi) is 14.5. The maximum Gasteiger partial charge on any atom is 0.490 e. The van der Waals surface area contributed by atoms with Crippen LogP contribution in [0.25, 0.3) is 10.9 Å². The summed E-state index contributed by atoms with van der Waals surface area (Å²) >= 11 is 0. The fourth-order valence-corrected chi connectivity index (χ4v) is 6.48. The number of hydrogen-bond donors (Lipinski definition) is 7. The van der Waals surface area contributed by atoms with Gasteiger partial charge >= 0.3 is 24.3 Å². The summed E-state index contributed by atoms with van der Waals surface area (Å²) in [4.78, 5) is 63.6. The minimum atomic E-state index is -5.08. The van der Waals surface area contributed by atoms with Gasteiger partial charge in [-0.1, -0.05) is 12.1 Å². The highest BCUT2D eigenvalue weighted by Crippen LogP contribution is 2.28. The number of sulfone groups is 1. The Morgan fingerprint density at radius 3 is 1.98 bits per heavy atom. The summed E-state index contributed by atoms with van der Waals surface area (Å²) in [6.07, 6.45) is -8.83. The van der Waals surface area contributed by atoms with Crippen LogP contribution in [0.15, 0.2) is 64.5 Å². The average molecular weight is 831 g/mol. The van der Waals surface area contributed by atoms with E-state index in [1.807, 2.05) is 26.0 Å². The second-order valence-corrected chi connectivity index (χ2v) is 15.0. The largest absolute Gasteiger partial charge is 0.490 e. The van der Waals surface area contributed by atoms with Crippen LogP contribution in [0.5, 0.6) is 0 Å². The number of amides is 2. The van der Waals surface area contributed by atoms with Crippen LogP contribution in [0, 0.1) is 13.8 Å². The Labute approximate surface area is 319 Å². The van der Waals surface area contributed by atoms with Gasteiger partial charge in [0, 0.05) is 24.5 Å². The first-order chi connectivity index (χ1) is 26.3. The number of carboxylic acids is 2. The first kappa shape index (κ1) is 45.4. The average Bonchev–Trinajstić information content (AvgIpc) is 3.10. The van der Waals surface area contributed by atoms with Gasteiger partial charge < -0.3 is 36.5 Å². The van der Waals surface area contributed by atoms with Crippen LogP contribution in [0.3, 0.4) is 0 Å². The Hall–Kier alpha value is -6.03. The molecule has 4 bridgehead atoms. The van der Waals surface area contributed by atoms with E-state index >= 15 is 0 Å². The molecule has 0 spiro atoms. The monoisotopic (exact) mass is 830 g/mol. The van der Waals surface area contributed by atoms with Gasteiger partial charge in [-0.2, -0.15) is 26.3 Å². The molecule has 308 valence electrons. The number of carboxylic acid groups (broad SMARTS) is 2. The van der Waals surface area contributed by atoms with Gasteiger partial charge in [0.05, 0.1) is 33.9 Å². The Bertz CT molecular complexity index is 2280. The van der Waals surface area contributed by atoms with Crippen molar-refractivity contribution in [2.45, 2.75) is 69.3 Å². The molecule has 1 atom stereocenters. The summed E-state index contributed by atoms with van der Waals surface area (Å²) in [6.45, 7) is 7.47. The molecule has 1 unspecified atom stereocenters. The van der Waals surface area contributed by atoms with Crippen LogP contribution < -0.4 is 26.8 Å². The number of benzene rings is 3. The number of alkyl halides is 6. The number of aliphatic carboxylic acids is 2. The fourth-order valence-electron chi connectivity index (χ4n) is 5.22. The van der Waals surface area contributed by atoms with Crippen molar-refractivity contribution >= 4 is 55.9 Å². The van der Waals surface area contributed by atoms with Gasteiger partial charge in [0.2, 0.25) is 11.8 Å². The number of nitrogens with one attached hydrogen (secondary N) is 5. The SMILES string of the molecule is Cc1cc2cc(C)c1CNCC(=O)Nc1ccc(S(=O)(=O)C(C)C)c(c1)CNC(=O)C2Nc1ccc2nc[nH]c(=O)c2c1.O=C(O)C(F)(F)F.O=C(O)C(F)(F)F. The molecule has 0 fully saturated rings. The predicted molar refractivity (Wildman–Crippen MR) is 193 cm³/mol. The summed E-state index contributed by atoms with van der Waals surface area (Å²) in [7, 11) is -3.69. The fraction of sp³-hybridized carbons (Fsp3) is 0.314. The summed E-state index contributed by atoms with van der Waals surface area (Å²) in [5, 5.41) is 26.1. The molecular formula is C35H36F6N6O9S. The van der Waals surface area contributed by atoms with E-state index in [2.05, 4.69) is 31.2 Å². The van der Waals surface area contributed by atoms with E-state index in [0.29, 0.717) is 39.9 Å². The van der Waals surface area contributed by atoms with E-state index in [1.165, 1.54) is 12.4 Å². The Morgan fingerprint density at radius 1 is 0.860 bits per heavy atom. The summed E-state index contributed by atoms with van der Waals surface area (Å²) < 4.78 is 89.9. The second-order valence-electron chi connectivity index (χ2n) is 12.6. The van der Waals surface area contributed by atoms with Crippen LogP contribution in [0.1, 0.15) is 47.7 Å². The molecule has 15 nitrogen and oxygen atoms in total. The second kappa shape index (κ2) is 18.3. The maximum atomic E-state index is 13.9. The van der Waals surface area contributed by atoms with E-state index < -0.39 is 51.3 Å². The van der Waals surface area contributed by atoms with E-state index in [-0.39, 0.29) is 29.5 Å². The van der Waals surface area contributed by atoms with Gasteiger partial charge in [-0.3, -0.25) is 14.4 Å². The van der Waals surface area contributed by atoms with Crippen LogP contribution in [0.2, 0.25) is 0 Å². The Morgan fingerprint density at radius 2 is 1.44 bits per heavy atom. The first-order valence-corrected chi connectivity index (χ1v) is 18.0. The first-order valence-electron chi connectivity index (χ1n) is 16.4. The highest BCUT2D eigenvalue weighted by molar-refractivity contribution is 7.92. The van der Waals surface area contributed by atoms with E-state index in [4.69, 9.17) is 19.8 Å². The third-order valence-corrected chi connectivity index (χ3v) is 10.3. The van der Waals surface area contributed by atoms with E-state index in [1.54, 1.807) is 44.2 Å². The minimum Gasteiger partial charge on any atom is -0.475 e. The van der Waals surface area contributed by atoms with Crippen LogP contribution >= 0.6 is 0 Å². The van der Waals surface area contributed by atoms with Crippen molar-refractivity contribution in [3.63, 3.8) is 0 Å². The van der Waals surface area contributed by atoms with Gasteiger partial charge in [-0.15, -0.1) is 0 Å². The molecule has 2 aliphatic heterocycles. The molecule has 2 aliphatic rings. The number of halogens is 6. The highest BCUT2D eigenvalue weighted by Gasteiger charge is 2.39. The number of H-pyrrole nitrogens is 1. The number of fused-ring (bicyclic) bond motifs is 10. The lowest BCUT2D eigenvalue weighted by Crippen LogP contribution is -2.34. The zero-order chi connectivity index (χ0) is 43.0. The van der Waals surface area contributed by atoms with Crippen molar-refractivity contribution < 1.29 is 64.2 Å². The van der Waals surface area contributed by atoms with Gasteiger partial charge in [-0.05, 0) is 91.9 Å². The molecular weight excluding hydrogens is 794 g/mol. The van der Waals surface area contributed by atoms with E-state index in [0.717, 1.165) is 16.7 Å². The van der Waals surface area contributed by atoms with Gasteiger partial charge in [0.25, 0.3) is 5.56 Å². The molecule has 1 aromatic heterocycles. The molecule has 7 N–H and O–H groups in total. The summed E-state index contributed by atoms with van der Waals surface area (Å²) in [5.74, 6) is -6.19. The van der Waals surface area contributed by atoms with Gasteiger partial charge in [0.15, 0.2) is 9.84 Å². The van der Waals surface area contributed by atoms with Crippen molar-refractivity contribution in [3.8, 4) is 0 Å². The van der Waals surface area contributed by atoms with Gasteiger partial charge in [-0.25, -0.2) is 23.0 Å². The maximum absolute atomic E-state index is 13.9. The van der Waals surface area contributed by atoms with E-state index in [9.17, 15) is 49.1 Å². The molecule has 3 aromatic carbocycles. The van der Waals surface area contributed by atoms with Crippen molar-refractivity contribution in [1.82, 2.24) is 20.6 Å². The topological polar surface area (TPSA) is 237 Å². The van der Waals surface area contributed by atoms with Crippen LogP contribution in [-0.4, -0.2) is 76.5 Å². The zero-order valence-corrected chi connectivity index (χ0v) is 31.2. The Balaban J connectivity index is 0.000000531. The molecule has 0 saturated heterocycles. The number of carbonyl (C=O) groups is 4. The lowest BCUT2D eigenvalue weighted by Gasteiger charge is -2.23. The smallest absolute Gasteiger partial charge is 0.475 e.